The fraction of sp³-hybridized carbons (Fsp3) is 0.667. The average Bonchev–Trinajstić information content (AvgIpc) is 2.86. The second-order valence-corrected chi connectivity index (χ2v) is 4.63. The van der Waals surface area contributed by atoms with Gasteiger partial charge in [-0.1, -0.05) is 18.6 Å². The molecule has 0 aliphatic heterocycles. The largest absolute Gasteiger partial charge is 0.481 e. The molecular formula is C12H17NO3. The van der Waals surface area contributed by atoms with Gasteiger partial charge in [0.25, 0.3) is 0 Å². The van der Waals surface area contributed by atoms with Gasteiger partial charge in [-0.15, -0.1) is 0 Å². The van der Waals surface area contributed by atoms with Crippen molar-refractivity contribution in [1.82, 2.24) is 5.32 Å². The zero-order valence-corrected chi connectivity index (χ0v) is 9.19. The van der Waals surface area contributed by atoms with E-state index in [1.54, 1.807) is 0 Å². The van der Waals surface area contributed by atoms with Gasteiger partial charge in [-0.05, 0) is 25.7 Å². The van der Waals surface area contributed by atoms with Crippen molar-refractivity contribution in [3.8, 4) is 0 Å². The van der Waals surface area contributed by atoms with Crippen LogP contribution in [0.3, 0.4) is 0 Å². The lowest BCUT2D eigenvalue weighted by Crippen LogP contribution is -2.40. The summed E-state index contributed by atoms with van der Waals surface area (Å²) >= 11 is 0. The topological polar surface area (TPSA) is 66.4 Å². The van der Waals surface area contributed by atoms with Crippen molar-refractivity contribution in [3.05, 3.63) is 12.2 Å². The molecule has 0 heterocycles. The van der Waals surface area contributed by atoms with Crippen LogP contribution in [0, 0.1) is 11.8 Å². The highest BCUT2D eigenvalue weighted by molar-refractivity contribution is 5.85. The molecule has 16 heavy (non-hydrogen) atoms. The highest BCUT2D eigenvalue weighted by Gasteiger charge is 2.38. The van der Waals surface area contributed by atoms with Crippen LogP contribution in [0.15, 0.2) is 12.2 Å². The normalized spacial score (nSPS) is 29.5. The maximum absolute atomic E-state index is 11.9. The van der Waals surface area contributed by atoms with Gasteiger partial charge in [0.2, 0.25) is 5.91 Å². The van der Waals surface area contributed by atoms with Crippen LogP contribution in [0.1, 0.15) is 32.1 Å². The Morgan fingerprint density at radius 3 is 2.38 bits per heavy atom. The fourth-order valence-electron chi connectivity index (χ4n) is 2.61. The van der Waals surface area contributed by atoms with E-state index in [9.17, 15) is 9.59 Å². The summed E-state index contributed by atoms with van der Waals surface area (Å²) in [6.07, 6.45) is 8.03. The number of carboxylic acid groups (broad SMARTS) is 1. The first-order valence-electron chi connectivity index (χ1n) is 5.86. The SMILES string of the molecule is O=C(NC1CC=CC1)[C@H]1CCC[C@H]1C(=O)O. The van der Waals surface area contributed by atoms with E-state index in [4.69, 9.17) is 5.11 Å². The molecule has 2 aliphatic rings. The molecule has 0 saturated heterocycles. The summed E-state index contributed by atoms with van der Waals surface area (Å²) in [4.78, 5) is 22.9. The molecule has 2 atom stereocenters. The van der Waals surface area contributed by atoms with E-state index in [1.165, 1.54) is 0 Å². The lowest BCUT2D eigenvalue weighted by Gasteiger charge is -2.19. The molecule has 4 heteroatoms. The van der Waals surface area contributed by atoms with Gasteiger partial charge >= 0.3 is 5.97 Å². The predicted molar refractivity (Wildman–Crippen MR) is 58.8 cm³/mol. The van der Waals surface area contributed by atoms with E-state index >= 15 is 0 Å². The molecular weight excluding hydrogens is 206 g/mol. The van der Waals surface area contributed by atoms with Gasteiger partial charge in [-0.25, -0.2) is 0 Å². The second kappa shape index (κ2) is 4.68. The molecule has 0 unspecified atom stereocenters. The third-order valence-corrected chi connectivity index (χ3v) is 3.52. The summed E-state index contributed by atoms with van der Waals surface area (Å²) in [5.41, 5.74) is 0. The smallest absolute Gasteiger partial charge is 0.307 e. The molecule has 2 N–H and O–H groups in total. The molecule has 88 valence electrons. The number of amides is 1. The van der Waals surface area contributed by atoms with E-state index in [1.807, 2.05) is 12.2 Å². The van der Waals surface area contributed by atoms with Crippen molar-refractivity contribution in [2.45, 2.75) is 38.1 Å². The Morgan fingerprint density at radius 2 is 1.75 bits per heavy atom. The molecule has 0 radical (unpaired) electrons. The summed E-state index contributed by atoms with van der Waals surface area (Å²) < 4.78 is 0. The van der Waals surface area contributed by atoms with E-state index in [0.717, 1.165) is 19.3 Å². The molecule has 1 saturated carbocycles. The van der Waals surface area contributed by atoms with Crippen molar-refractivity contribution in [2.24, 2.45) is 11.8 Å². The minimum absolute atomic E-state index is 0.0707. The first-order chi connectivity index (χ1) is 7.68. The van der Waals surface area contributed by atoms with Gasteiger partial charge in [0, 0.05) is 6.04 Å². The molecule has 1 amide bonds. The number of hydrogen-bond donors (Lipinski definition) is 2. The molecule has 2 rings (SSSR count). The van der Waals surface area contributed by atoms with Gasteiger partial charge in [-0.2, -0.15) is 0 Å². The Morgan fingerprint density at radius 1 is 1.12 bits per heavy atom. The Labute approximate surface area is 94.7 Å². The van der Waals surface area contributed by atoms with Crippen molar-refractivity contribution in [2.75, 3.05) is 0 Å². The minimum Gasteiger partial charge on any atom is -0.481 e. The molecule has 0 aromatic rings. The standard InChI is InChI=1S/C12H17NO3/c14-11(13-8-4-1-2-5-8)9-6-3-7-10(9)12(15)16/h1-2,8-10H,3-7H2,(H,13,14)(H,15,16)/t9-,10+/m0/s1. The van der Waals surface area contributed by atoms with E-state index < -0.39 is 11.9 Å². The van der Waals surface area contributed by atoms with Crippen LogP contribution >= 0.6 is 0 Å². The van der Waals surface area contributed by atoms with Crippen LogP contribution in [0.5, 0.6) is 0 Å². The van der Waals surface area contributed by atoms with E-state index in [0.29, 0.717) is 12.8 Å². The minimum atomic E-state index is -0.831. The summed E-state index contributed by atoms with van der Waals surface area (Å²) in [5.74, 6) is -1.70. The molecule has 2 aliphatic carbocycles. The number of nitrogens with one attached hydrogen (secondary N) is 1. The van der Waals surface area contributed by atoms with Crippen LogP contribution in [-0.2, 0) is 9.59 Å². The second-order valence-electron chi connectivity index (χ2n) is 4.63. The van der Waals surface area contributed by atoms with Gasteiger partial charge in [0.15, 0.2) is 0 Å². The van der Waals surface area contributed by atoms with E-state index in [-0.39, 0.29) is 17.9 Å². The predicted octanol–water partition coefficient (Wildman–Crippen LogP) is 1.32. The molecule has 1 fully saturated rings. The maximum atomic E-state index is 11.9. The average molecular weight is 223 g/mol. The van der Waals surface area contributed by atoms with Crippen molar-refractivity contribution < 1.29 is 14.7 Å². The summed E-state index contributed by atoms with van der Waals surface area (Å²) in [6.45, 7) is 0. The summed E-state index contributed by atoms with van der Waals surface area (Å²) in [6, 6.07) is 0.183. The van der Waals surface area contributed by atoms with Crippen molar-refractivity contribution >= 4 is 11.9 Å². The van der Waals surface area contributed by atoms with Gasteiger partial charge in [0.1, 0.15) is 0 Å². The van der Waals surface area contributed by atoms with Crippen molar-refractivity contribution in [1.29, 1.82) is 0 Å². The number of carbonyl (C=O) groups is 2. The Kier molecular flexibility index (Phi) is 3.27. The Hall–Kier alpha value is -1.32. The maximum Gasteiger partial charge on any atom is 0.307 e. The van der Waals surface area contributed by atoms with Crippen LogP contribution in [0.2, 0.25) is 0 Å². The monoisotopic (exact) mass is 223 g/mol. The molecule has 4 nitrogen and oxygen atoms in total. The number of hydrogen-bond acceptors (Lipinski definition) is 2. The van der Waals surface area contributed by atoms with Gasteiger partial charge < -0.3 is 10.4 Å². The van der Waals surface area contributed by atoms with Crippen LogP contribution < -0.4 is 5.32 Å². The first-order valence-corrected chi connectivity index (χ1v) is 5.86. The summed E-state index contributed by atoms with van der Waals surface area (Å²) in [5, 5.41) is 11.9. The zero-order chi connectivity index (χ0) is 11.5. The zero-order valence-electron chi connectivity index (χ0n) is 9.19. The third-order valence-electron chi connectivity index (χ3n) is 3.52. The van der Waals surface area contributed by atoms with Crippen LogP contribution in [0.4, 0.5) is 0 Å². The third kappa shape index (κ3) is 2.26. The number of carboxylic acids is 1. The molecule has 0 spiro atoms. The number of aliphatic carboxylic acids is 1. The lowest BCUT2D eigenvalue weighted by molar-refractivity contribution is -0.146. The van der Waals surface area contributed by atoms with Crippen LogP contribution in [-0.4, -0.2) is 23.0 Å². The van der Waals surface area contributed by atoms with Gasteiger partial charge in [0.05, 0.1) is 11.8 Å². The number of carbonyl (C=O) groups excluding carboxylic acids is 1. The quantitative estimate of drug-likeness (QED) is 0.709. The van der Waals surface area contributed by atoms with Gasteiger partial charge in [-0.3, -0.25) is 9.59 Å². The molecule has 0 aromatic heterocycles. The summed E-state index contributed by atoms with van der Waals surface area (Å²) in [7, 11) is 0. The Bertz CT molecular complexity index is 316. The number of rotatable bonds is 3. The fourth-order valence-corrected chi connectivity index (χ4v) is 2.61. The van der Waals surface area contributed by atoms with Crippen molar-refractivity contribution in [3.63, 3.8) is 0 Å². The van der Waals surface area contributed by atoms with Crippen LogP contribution in [0.25, 0.3) is 0 Å². The van der Waals surface area contributed by atoms with E-state index in [2.05, 4.69) is 5.32 Å². The lowest BCUT2D eigenvalue weighted by atomic mass is 9.95. The highest BCUT2D eigenvalue weighted by Crippen LogP contribution is 2.32. The highest BCUT2D eigenvalue weighted by atomic mass is 16.4. The molecule has 0 aromatic carbocycles. The Balaban J connectivity index is 1.90. The molecule has 0 bridgehead atoms. The first kappa shape index (κ1) is 11.2.